The first kappa shape index (κ1) is 21.2. The SMILES string of the molecule is Cc1cc(S(=O)(=O)N(C)c2ccc(C(N)=O)cc2)ccc1OCCCC(=O)O. The summed E-state index contributed by atoms with van der Waals surface area (Å²) in [4.78, 5) is 21.7. The minimum absolute atomic E-state index is 0.00481. The van der Waals surface area contributed by atoms with Crippen LogP contribution in [0.4, 0.5) is 5.69 Å². The van der Waals surface area contributed by atoms with Crippen molar-refractivity contribution in [3.8, 4) is 5.75 Å². The molecule has 8 nitrogen and oxygen atoms in total. The van der Waals surface area contributed by atoms with Crippen LogP contribution >= 0.6 is 0 Å². The third kappa shape index (κ3) is 5.01. The number of benzene rings is 2. The second kappa shape index (κ2) is 8.75. The molecule has 0 heterocycles. The molecular weight excluding hydrogens is 384 g/mol. The summed E-state index contributed by atoms with van der Waals surface area (Å²) in [6.45, 7) is 1.94. The Hall–Kier alpha value is -3.07. The molecule has 0 atom stereocenters. The molecule has 0 unspecified atom stereocenters. The van der Waals surface area contributed by atoms with E-state index >= 15 is 0 Å². The van der Waals surface area contributed by atoms with Crippen LogP contribution in [0.3, 0.4) is 0 Å². The minimum Gasteiger partial charge on any atom is -0.493 e. The maximum absolute atomic E-state index is 12.9. The van der Waals surface area contributed by atoms with Gasteiger partial charge in [0.05, 0.1) is 17.2 Å². The van der Waals surface area contributed by atoms with Gasteiger partial charge in [0.1, 0.15) is 5.75 Å². The molecule has 0 aliphatic heterocycles. The quantitative estimate of drug-likeness (QED) is 0.615. The summed E-state index contributed by atoms with van der Waals surface area (Å²) >= 11 is 0. The molecule has 0 aromatic heterocycles. The molecule has 2 rings (SSSR count). The minimum atomic E-state index is -3.82. The van der Waals surface area contributed by atoms with Crippen molar-refractivity contribution in [1.82, 2.24) is 0 Å². The van der Waals surface area contributed by atoms with Crippen LogP contribution in [0, 0.1) is 6.92 Å². The Balaban J connectivity index is 2.17. The maximum Gasteiger partial charge on any atom is 0.303 e. The topological polar surface area (TPSA) is 127 Å². The van der Waals surface area contributed by atoms with Gasteiger partial charge in [0, 0.05) is 19.0 Å². The van der Waals surface area contributed by atoms with Crippen molar-refractivity contribution < 1.29 is 27.9 Å². The fourth-order valence-corrected chi connectivity index (χ4v) is 3.76. The van der Waals surface area contributed by atoms with Crippen LogP contribution in [0.5, 0.6) is 5.75 Å². The Morgan fingerprint density at radius 2 is 1.79 bits per heavy atom. The lowest BCUT2D eigenvalue weighted by Crippen LogP contribution is -2.26. The van der Waals surface area contributed by atoms with Crippen molar-refractivity contribution in [2.45, 2.75) is 24.7 Å². The number of sulfonamides is 1. The van der Waals surface area contributed by atoms with Crippen LogP contribution in [0.2, 0.25) is 0 Å². The van der Waals surface area contributed by atoms with E-state index in [0.717, 1.165) is 4.31 Å². The number of aryl methyl sites for hydroxylation is 1. The van der Waals surface area contributed by atoms with Gasteiger partial charge in [-0.1, -0.05) is 0 Å². The number of nitrogens with zero attached hydrogens (tertiary/aromatic N) is 1. The van der Waals surface area contributed by atoms with Crippen LogP contribution in [-0.2, 0) is 14.8 Å². The van der Waals surface area contributed by atoms with Crippen molar-refractivity contribution in [3.63, 3.8) is 0 Å². The summed E-state index contributed by atoms with van der Waals surface area (Å²) in [7, 11) is -2.40. The number of carboxylic acid groups (broad SMARTS) is 1. The number of amides is 1. The molecule has 9 heteroatoms. The Bertz CT molecular complexity index is 970. The Morgan fingerprint density at radius 1 is 1.14 bits per heavy atom. The predicted octanol–water partition coefficient (Wildman–Crippen LogP) is 2.16. The standard InChI is InChI=1S/C19H22N2O6S/c1-13-12-16(9-10-17(13)27-11-3-4-18(22)23)28(25,26)21(2)15-7-5-14(6-8-15)19(20)24/h5-10,12H,3-4,11H2,1-2H3,(H2,20,24)(H,22,23). The monoisotopic (exact) mass is 406 g/mol. The van der Waals surface area contributed by atoms with E-state index in [4.69, 9.17) is 15.6 Å². The van der Waals surface area contributed by atoms with E-state index in [1.165, 1.54) is 43.4 Å². The van der Waals surface area contributed by atoms with E-state index in [1.807, 2.05) is 0 Å². The molecule has 0 radical (unpaired) electrons. The number of hydrogen-bond acceptors (Lipinski definition) is 5. The van der Waals surface area contributed by atoms with Crippen LogP contribution in [-0.4, -0.2) is 39.1 Å². The van der Waals surface area contributed by atoms with E-state index < -0.39 is 21.9 Å². The molecule has 0 spiro atoms. The lowest BCUT2D eigenvalue weighted by Gasteiger charge is -2.20. The highest BCUT2D eigenvalue weighted by Crippen LogP contribution is 2.26. The number of carbonyl (C=O) groups is 2. The summed E-state index contributed by atoms with van der Waals surface area (Å²) < 4.78 is 32.4. The summed E-state index contributed by atoms with van der Waals surface area (Å²) in [6, 6.07) is 10.4. The Kier molecular flexibility index (Phi) is 6.63. The van der Waals surface area contributed by atoms with E-state index in [-0.39, 0.29) is 23.5 Å². The second-order valence-corrected chi connectivity index (χ2v) is 8.13. The summed E-state index contributed by atoms with van der Waals surface area (Å²) in [5.74, 6) is -0.988. The van der Waals surface area contributed by atoms with E-state index in [0.29, 0.717) is 23.4 Å². The lowest BCUT2D eigenvalue weighted by atomic mass is 10.2. The molecule has 0 saturated heterocycles. The molecular formula is C19H22N2O6S. The number of carboxylic acids is 1. The third-order valence-corrected chi connectivity index (χ3v) is 5.89. The zero-order valence-corrected chi connectivity index (χ0v) is 16.4. The molecule has 0 saturated carbocycles. The van der Waals surface area contributed by atoms with Crippen molar-refractivity contribution in [2.75, 3.05) is 18.0 Å². The molecule has 0 fully saturated rings. The second-order valence-electron chi connectivity index (χ2n) is 6.16. The van der Waals surface area contributed by atoms with Crippen LogP contribution in [0.1, 0.15) is 28.8 Å². The first-order valence-electron chi connectivity index (χ1n) is 8.47. The largest absolute Gasteiger partial charge is 0.493 e. The summed E-state index contributed by atoms with van der Waals surface area (Å²) in [6.07, 6.45) is 0.365. The molecule has 0 aliphatic carbocycles. The third-order valence-electron chi connectivity index (χ3n) is 4.11. The highest BCUT2D eigenvalue weighted by atomic mass is 32.2. The zero-order valence-electron chi connectivity index (χ0n) is 15.6. The van der Waals surface area contributed by atoms with Crippen LogP contribution in [0.25, 0.3) is 0 Å². The van der Waals surface area contributed by atoms with Crippen molar-refractivity contribution in [3.05, 3.63) is 53.6 Å². The average Bonchev–Trinajstić information content (AvgIpc) is 2.65. The number of nitrogens with two attached hydrogens (primary N) is 1. The highest BCUT2D eigenvalue weighted by molar-refractivity contribution is 7.92. The molecule has 1 amide bonds. The smallest absolute Gasteiger partial charge is 0.303 e. The van der Waals surface area contributed by atoms with Gasteiger partial charge >= 0.3 is 5.97 Å². The first-order valence-corrected chi connectivity index (χ1v) is 9.91. The number of carbonyl (C=O) groups excluding carboxylic acids is 1. The molecule has 0 aliphatic rings. The molecule has 28 heavy (non-hydrogen) atoms. The zero-order chi connectivity index (χ0) is 20.9. The molecule has 3 N–H and O–H groups in total. The van der Waals surface area contributed by atoms with Crippen molar-refractivity contribution in [1.29, 1.82) is 0 Å². The average molecular weight is 406 g/mol. The molecule has 150 valence electrons. The highest BCUT2D eigenvalue weighted by Gasteiger charge is 2.22. The van der Waals surface area contributed by atoms with Gasteiger partial charge in [0.15, 0.2) is 0 Å². The van der Waals surface area contributed by atoms with E-state index in [9.17, 15) is 18.0 Å². The van der Waals surface area contributed by atoms with Gasteiger partial charge in [-0.15, -0.1) is 0 Å². The van der Waals surface area contributed by atoms with Gasteiger partial charge in [0.2, 0.25) is 5.91 Å². The fourth-order valence-electron chi connectivity index (χ4n) is 2.48. The predicted molar refractivity (Wildman–Crippen MR) is 104 cm³/mol. The van der Waals surface area contributed by atoms with Gasteiger partial charge in [-0.05, 0) is 61.4 Å². The Labute approximate surface area is 163 Å². The number of rotatable bonds is 9. The first-order chi connectivity index (χ1) is 13.1. The van der Waals surface area contributed by atoms with Gasteiger partial charge < -0.3 is 15.6 Å². The normalized spacial score (nSPS) is 11.1. The van der Waals surface area contributed by atoms with Crippen molar-refractivity contribution >= 4 is 27.6 Å². The van der Waals surface area contributed by atoms with Crippen LogP contribution in [0.15, 0.2) is 47.4 Å². The summed E-state index contributed by atoms with van der Waals surface area (Å²) in [5, 5.41) is 8.63. The number of anilines is 1. The van der Waals surface area contributed by atoms with Gasteiger partial charge in [0.25, 0.3) is 10.0 Å². The van der Waals surface area contributed by atoms with Gasteiger partial charge in [-0.3, -0.25) is 13.9 Å². The summed E-state index contributed by atoms with van der Waals surface area (Å²) in [5.41, 5.74) is 6.49. The van der Waals surface area contributed by atoms with E-state index in [2.05, 4.69) is 0 Å². The number of aliphatic carboxylic acids is 1. The molecule has 2 aromatic rings. The maximum atomic E-state index is 12.9. The van der Waals surface area contributed by atoms with Crippen LogP contribution < -0.4 is 14.8 Å². The van der Waals surface area contributed by atoms with Gasteiger partial charge in [-0.25, -0.2) is 8.42 Å². The molecule has 0 bridgehead atoms. The molecule has 2 aromatic carbocycles. The lowest BCUT2D eigenvalue weighted by molar-refractivity contribution is -0.137. The number of ether oxygens (including phenoxy) is 1. The Morgan fingerprint density at radius 3 is 2.32 bits per heavy atom. The number of hydrogen-bond donors (Lipinski definition) is 2. The van der Waals surface area contributed by atoms with E-state index in [1.54, 1.807) is 13.0 Å². The number of primary amides is 1. The van der Waals surface area contributed by atoms with Crippen molar-refractivity contribution in [2.24, 2.45) is 5.73 Å². The van der Waals surface area contributed by atoms with Gasteiger partial charge in [-0.2, -0.15) is 0 Å². The fraction of sp³-hybridized carbons (Fsp3) is 0.263.